The summed E-state index contributed by atoms with van der Waals surface area (Å²) in [6, 6.07) is 5.87. The van der Waals surface area contributed by atoms with Crippen molar-refractivity contribution in [1.29, 1.82) is 0 Å². The number of benzene rings is 1. The zero-order valence-electron chi connectivity index (χ0n) is 14.7. The van der Waals surface area contributed by atoms with Gasteiger partial charge in [0.1, 0.15) is 0 Å². The van der Waals surface area contributed by atoms with Crippen LogP contribution in [0.15, 0.2) is 29.2 Å². The van der Waals surface area contributed by atoms with Crippen LogP contribution in [0.5, 0.6) is 0 Å². The van der Waals surface area contributed by atoms with Crippen molar-refractivity contribution in [3.8, 4) is 0 Å². The highest BCUT2D eigenvalue weighted by atomic mass is 32.2. The summed E-state index contributed by atoms with van der Waals surface area (Å²) in [7, 11) is -2.09. The average Bonchev–Trinajstić information content (AvgIpc) is 2.61. The summed E-state index contributed by atoms with van der Waals surface area (Å²) in [5, 5.41) is 2.77. The van der Waals surface area contributed by atoms with E-state index in [2.05, 4.69) is 10.0 Å². The Morgan fingerprint density at radius 3 is 2.76 bits per heavy atom. The number of ether oxygens (including phenoxy) is 2. The number of nitrogens with one attached hydrogen (secondary N) is 2. The minimum absolute atomic E-state index is 0.0894. The van der Waals surface area contributed by atoms with Gasteiger partial charge in [-0.25, -0.2) is 13.1 Å². The SMILES string of the molecule is COC[C@@H](C)NC(=O)c1cccc(S(=O)(=O)NCC2CCOCC2)c1. The van der Waals surface area contributed by atoms with E-state index in [9.17, 15) is 13.2 Å². The van der Waals surface area contributed by atoms with Crippen molar-refractivity contribution in [1.82, 2.24) is 10.0 Å². The summed E-state index contributed by atoms with van der Waals surface area (Å²) >= 11 is 0. The highest BCUT2D eigenvalue weighted by Gasteiger charge is 2.20. The highest BCUT2D eigenvalue weighted by Crippen LogP contribution is 2.16. The van der Waals surface area contributed by atoms with Gasteiger partial charge in [-0.2, -0.15) is 0 Å². The van der Waals surface area contributed by atoms with Crippen LogP contribution < -0.4 is 10.0 Å². The van der Waals surface area contributed by atoms with Gasteiger partial charge >= 0.3 is 0 Å². The quantitative estimate of drug-likeness (QED) is 0.716. The summed E-state index contributed by atoms with van der Waals surface area (Å²) < 4.78 is 37.9. The molecule has 1 saturated heterocycles. The molecular formula is C17H26N2O5S. The van der Waals surface area contributed by atoms with Gasteiger partial charge in [-0.1, -0.05) is 6.07 Å². The Hall–Kier alpha value is -1.48. The topological polar surface area (TPSA) is 93.7 Å². The number of hydrogen-bond acceptors (Lipinski definition) is 5. The number of amides is 1. The fraction of sp³-hybridized carbons (Fsp3) is 0.588. The van der Waals surface area contributed by atoms with E-state index in [1.807, 2.05) is 6.92 Å². The fourth-order valence-electron chi connectivity index (χ4n) is 2.66. The van der Waals surface area contributed by atoms with E-state index in [0.29, 0.717) is 31.9 Å². The molecule has 140 valence electrons. The number of hydrogen-bond donors (Lipinski definition) is 2. The molecule has 25 heavy (non-hydrogen) atoms. The lowest BCUT2D eigenvalue weighted by atomic mass is 10.0. The molecule has 1 aromatic carbocycles. The van der Waals surface area contributed by atoms with Crippen LogP contribution in [-0.2, 0) is 19.5 Å². The molecule has 0 aliphatic carbocycles. The molecule has 2 N–H and O–H groups in total. The van der Waals surface area contributed by atoms with Gasteiger partial charge in [-0.3, -0.25) is 4.79 Å². The minimum Gasteiger partial charge on any atom is -0.383 e. The molecule has 2 rings (SSSR count). The first-order chi connectivity index (χ1) is 11.9. The Bertz CT molecular complexity index is 671. The average molecular weight is 370 g/mol. The Balaban J connectivity index is 2.01. The molecule has 7 nitrogen and oxygen atoms in total. The maximum atomic E-state index is 12.5. The first-order valence-corrected chi connectivity index (χ1v) is 9.88. The minimum atomic E-state index is -3.65. The number of rotatable bonds is 8. The van der Waals surface area contributed by atoms with E-state index >= 15 is 0 Å². The Morgan fingerprint density at radius 1 is 1.36 bits per heavy atom. The molecule has 1 aliphatic heterocycles. The van der Waals surface area contributed by atoms with E-state index in [0.717, 1.165) is 12.8 Å². The van der Waals surface area contributed by atoms with Crippen molar-refractivity contribution >= 4 is 15.9 Å². The predicted octanol–water partition coefficient (Wildman–Crippen LogP) is 1.16. The number of methoxy groups -OCH3 is 1. The third kappa shape index (κ3) is 6.07. The van der Waals surface area contributed by atoms with Crippen molar-refractivity contribution in [3.05, 3.63) is 29.8 Å². The van der Waals surface area contributed by atoms with Crippen LogP contribution in [-0.4, -0.2) is 53.8 Å². The summed E-state index contributed by atoms with van der Waals surface area (Å²) in [5.41, 5.74) is 0.303. The molecule has 0 spiro atoms. The summed E-state index contributed by atoms with van der Waals surface area (Å²) in [6.07, 6.45) is 1.70. The standard InChI is InChI=1S/C17H26N2O5S/c1-13(12-23-2)19-17(20)15-4-3-5-16(10-15)25(21,22)18-11-14-6-8-24-9-7-14/h3-5,10,13-14,18H,6-9,11-12H2,1-2H3,(H,19,20)/t13-/m1/s1. The van der Waals surface area contributed by atoms with Crippen LogP contribution in [0.1, 0.15) is 30.1 Å². The van der Waals surface area contributed by atoms with Crippen molar-refractivity contribution < 1.29 is 22.7 Å². The van der Waals surface area contributed by atoms with Crippen molar-refractivity contribution in [2.75, 3.05) is 33.5 Å². The van der Waals surface area contributed by atoms with Gasteiger partial charge in [-0.15, -0.1) is 0 Å². The van der Waals surface area contributed by atoms with E-state index in [1.54, 1.807) is 19.2 Å². The first kappa shape index (κ1) is 19.8. The van der Waals surface area contributed by atoms with Gasteiger partial charge in [-0.05, 0) is 43.9 Å². The molecule has 0 unspecified atom stereocenters. The van der Waals surface area contributed by atoms with Gasteiger partial charge in [0.05, 0.1) is 11.5 Å². The molecule has 0 aromatic heterocycles. The zero-order valence-corrected chi connectivity index (χ0v) is 15.5. The number of carbonyl (C=O) groups excluding carboxylic acids is 1. The van der Waals surface area contributed by atoms with Gasteiger partial charge in [0.25, 0.3) is 5.91 Å². The maximum Gasteiger partial charge on any atom is 0.251 e. The van der Waals surface area contributed by atoms with Gasteiger partial charge < -0.3 is 14.8 Å². The van der Waals surface area contributed by atoms with Gasteiger partial charge in [0, 0.05) is 38.5 Å². The largest absolute Gasteiger partial charge is 0.383 e. The molecule has 1 fully saturated rings. The van der Waals surface area contributed by atoms with E-state index < -0.39 is 10.0 Å². The Morgan fingerprint density at radius 2 is 2.08 bits per heavy atom. The third-order valence-electron chi connectivity index (χ3n) is 4.10. The first-order valence-electron chi connectivity index (χ1n) is 8.39. The molecule has 1 heterocycles. The normalized spacial score (nSPS) is 17.2. The van der Waals surface area contributed by atoms with E-state index in [-0.39, 0.29) is 22.8 Å². The lowest BCUT2D eigenvalue weighted by Crippen LogP contribution is -2.36. The van der Waals surface area contributed by atoms with Crippen LogP contribution >= 0.6 is 0 Å². The van der Waals surface area contributed by atoms with Gasteiger partial charge in [0.15, 0.2) is 0 Å². The maximum absolute atomic E-state index is 12.5. The number of sulfonamides is 1. The van der Waals surface area contributed by atoms with E-state index in [4.69, 9.17) is 9.47 Å². The second-order valence-electron chi connectivity index (χ2n) is 6.27. The van der Waals surface area contributed by atoms with Crippen molar-refractivity contribution in [3.63, 3.8) is 0 Å². The zero-order chi connectivity index (χ0) is 18.3. The molecule has 0 bridgehead atoms. The highest BCUT2D eigenvalue weighted by molar-refractivity contribution is 7.89. The molecule has 1 amide bonds. The second-order valence-corrected chi connectivity index (χ2v) is 8.03. The molecule has 1 atom stereocenters. The van der Waals surface area contributed by atoms with E-state index in [1.165, 1.54) is 12.1 Å². The molecule has 0 radical (unpaired) electrons. The van der Waals surface area contributed by atoms with Crippen molar-refractivity contribution in [2.45, 2.75) is 30.7 Å². The van der Waals surface area contributed by atoms with Crippen molar-refractivity contribution in [2.24, 2.45) is 5.92 Å². The summed E-state index contributed by atoms with van der Waals surface area (Å²) in [5.74, 6) is -0.0454. The lowest BCUT2D eigenvalue weighted by molar-refractivity contribution is 0.0678. The Kier molecular flexibility index (Phi) is 7.37. The molecule has 1 aromatic rings. The smallest absolute Gasteiger partial charge is 0.251 e. The fourth-order valence-corrected chi connectivity index (χ4v) is 3.83. The molecule has 8 heteroatoms. The van der Waals surface area contributed by atoms with Crippen LogP contribution in [0.4, 0.5) is 0 Å². The third-order valence-corrected chi connectivity index (χ3v) is 5.52. The molecule has 0 saturated carbocycles. The summed E-state index contributed by atoms with van der Waals surface area (Å²) in [6.45, 7) is 3.92. The summed E-state index contributed by atoms with van der Waals surface area (Å²) in [4.78, 5) is 12.3. The monoisotopic (exact) mass is 370 g/mol. The second kappa shape index (κ2) is 9.28. The number of carbonyl (C=O) groups is 1. The van der Waals surface area contributed by atoms with Crippen LogP contribution in [0.3, 0.4) is 0 Å². The predicted molar refractivity (Wildman–Crippen MR) is 94.0 cm³/mol. The van der Waals surface area contributed by atoms with Crippen LogP contribution in [0.25, 0.3) is 0 Å². The lowest BCUT2D eigenvalue weighted by Gasteiger charge is -2.22. The molecule has 1 aliphatic rings. The molecular weight excluding hydrogens is 344 g/mol. The van der Waals surface area contributed by atoms with Crippen LogP contribution in [0.2, 0.25) is 0 Å². The van der Waals surface area contributed by atoms with Gasteiger partial charge in [0.2, 0.25) is 10.0 Å². The Labute approximate surface area is 149 Å². The van der Waals surface area contributed by atoms with Crippen LogP contribution in [0, 0.1) is 5.92 Å².